The van der Waals surface area contributed by atoms with Gasteiger partial charge in [0.05, 0.1) is 6.04 Å². The summed E-state index contributed by atoms with van der Waals surface area (Å²) in [4.78, 5) is 3.81. The second kappa shape index (κ2) is 3.43. The molecule has 6 nitrogen and oxygen atoms in total. The topological polar surface area (TPSA) is 99.1 Å². The minimum Gasteiger partial charge on any atom is -0.338 e. The quantitative estimate of drug-likeness (QED) is 0.723. The minimum atomic E-state index is -3.12. The molecule has 0 aromatic carbocycles. The Morgan fingerprint density at radius 1 is 1.62 bits per heavy atom. The molecule has 0 spiro atoms. The van der Waals surface area contributed by atoms with E-state index >= 15 is 0 Å². The second-order valence-electron chi connectivity index (χ2n) is 2.91. The Kier molecular flexibility index (Phi) is 2.67. The Balaban J connectivity index is 2.81. The molecular weight excluding hydrogens is 194 g/mol. The predicted molar refractivity (Wildman–Crippen MR) is 45.4 cm³/mol. The molecule has 0 aliphatic carbocycles. The first-order chi connectivity index (χ1) is 5.88. The average molecular weight is 205 g/mol. The maximum Gasteiger partial charge on any atom is 0.243 e. The van der Waals surface area contributed by atoms with Crippen LogP contribution < -0.4 is 5.73 Å². The first-order valence-electron chi connectivity index (χ1n) is 3.64. The number of hydrogen-bond acceptors (Lipinski definition) is 6. The van der Waals surface area contributed by atoms with Gasteiger partial charge in [0.1, 0.15) is 5.75 Å². The summed E-state index contributed by atoms with van der Waals surface area (Å²) in [5, 5.41) is 3.48. The molecule has 1 atom stereocenters. The highest BCUT2D eigenvalue weighted by Gasteiger charge is 2.13. The molecule has 1 rings (SSSR count). The van der Waals surface area contributed by atoms with E-state index in [9.17, 15) is 8.42 Å². The van der Waals surface area contributed by atoms with E-state index in [-0.39, 0.29) is 23.5 Å². The minimum absolute atomic E-state index is 0.148. The van der Waals surface area contributed by atoms with Crippen molar-refractivity contribution in [3.05, 3.63) is 11.7 Å². The zero-order valence-electron chi connectivity index (χ0n) is 7.39. The van der Waals surface area contributed by atoms with Gasteiger partial charge in [-0.05, 0) is 6.92 Å². The number of rotatable bonds is 3. The third kappa shape index (κ3) is 3.11. The summed E-state index contributed by atoms with van der Waals surface area (Å²) >= 11 is 0. The molecule has 74 valence electrons. The summed E-state index contributed by atoms with van der Waals surface area (Å²) in [6, 6.07) is -0.374. The van der Waals surface area contributed by atoms with E-state index in [1.165, 1.54) is 0 Å². The second-order valence-corrected chi connectivity index (χ2v) is 5.05. The van der Waals surface area contributed by atoms with Crippen LogP contribution in [-0.4, -0.2) is 24.8 Å². The Morgan fingerprint density at radius 2 is 2.23 bits per heavy atom. The summed E-state index contributed by atoms with van der Waals surface area (Å²) in [5.41, 5.74) is 5.45. The number of nitrogens with zero attached hydrogens (tertiary/aromatic N) is 2. The smallest absolute Gasteiger partial charge is 0.243 e. The standard InChI is InChI=1S/C6H11N3O3S/c1-4(7)6-8-5(9-12-6)3-13(2,10)11/h4H,3,7H2,1-2H3. The summed E-state index contributed by atoms with van der Waals surface area (Å²) in [6.45, 7) is 1.68. The van der Waals surface area contributed by atoms with Crippen molar-refractivity contribution in [1.29, 1.82) is 0 Å². The van der Waals surface area contributed by atoms with Gasteiger partial charge in [0, 0.05) is 6.26 Å². The highest BCUT2D eigenvalue weighted by Crippen LogP contribution is 2.07. The van der Waals surface area contributed by atoms with E-state index in [1.54, 1.807) is 6.92 Å². The van der Waals surface area contributed by atoms with E-state index in [2.05, 4.69) is 10.1 Å². The normalized spacial score (nSPS) is 14.4. The fraction of sp³-hybridized carbons (Fsp3) is 0.667. The molecular formula is C6H11N3O3S. The SMILES string of the molecule is CC(N)c1nc(CS(C)(=O)=O)no1. The Hall–Kier alpha value is -0.950. The van der Waals surface area contributed by atoms with Gasteiger partial charge in [-0.3, -0.25) is 0 Å². The lowest BCUT2D eigenvalue weighted by molar-refractivity contribution is 0.358. The molecule has 0 aliphatic heterocycles. The van der Waals surface area contributed by atoms with E-state index in [1.807, 2.05) is 0 Å². The van der Waals surface area contributed by atoms with Gasteiger partial charge in [-0.2, -0.15) is 4.98 Å². The third-order valence-electron chi connectivity index (χ3n) is 1.26. The molecule has 0 aliphatic rings. The van der Waals surface area contributed by atoms with E-state index in [0.29, 0.717) is 0 Å². The van der Waals surface area contributed by atoms with Gasteiger partial charge >= 0.3 is 0 Å². The lowest BCUT2D eigenvalue weighted by Gasteiger charge is -1.93. The zero-order valence-corrected chi connectivity index (χ0v) is 8.21. The van der Waals surface area contributed by atoms with Crippen LogP contribution in [0.1, 0.15) is 24.7 Å². The van der Waals surface area contributed by atoms with Crippen LogP contribution in [0, 0.1) is 0 Å². The molecule has 2 N–H and O–H groups in total. The molecule has 0 bridgehead atoms. The van der Waals surface area contributed by atoms with Crippen molar-refractivity contribution < 1.29 is 12.9 Å². The van der Waals surface area contributed by atoms with E-state index in [4.69, 9.17) is 10.3 Å². The van der Waals surface area contributed by atoms with Crippen LogP contribution in [0.2, 0.25) is 0 Å². The van der Waals surface area contributed by atoms with Gasteiger partial charge in [-0.15, -0.1) is 0 Å². The summed E-state index contributed by atoms with van der Waals surface area (Å²) in [5.74, 6) is 0.178. The van der Waals surface area contributed by atoms with Gasteiger partial charge in [-0.1, -0.05) is 5.16 Å². The number of aromatic nitrogens is 2. The van der Waals surface area contributed by atoms with Crippen molar-refractivity contribution >= 4 is 9.84 Å². The molecule has 0 radical (unpaired) electrons. The monoisotopic (exact) mass is 205 g/mol. The van der Waals surface area contributed by atoms with Gasteiger partial charge in [0.25, 0.3) is 0 Å². The molecule has 1 unspecified atom stereocenters. The van der Waals surface area contributed by atoms with Gasteiger partial charge in [-0.25, -0.2) is 8.42 Å². The Morgan fingerprint density at radius 3 is 2.62 bits per heavy atom. The highest BCUT2D eigenvalue weighted by molar-refractivity contribution is 7.89. The maximum atomic E-state index is 10.8. The number of sulfone groups is 1. The maximum absolute atomic E-state index is 10.8. The van der Waals surface area contributed by atoms with Gasteiger partial charge in [0.2, 0.25) is 5.89 Å². The van der Waals surface area contributed by atoms with Crippen LogP contribution in [-0.2, 0) is 15.6 Å². The number of hydrogen-bond donors (Lipinski definition) is 1. The van der Waals surface area contributed by atoms with Crippen molar-refractivity contribution in [2.24, 2.45) is 5.73 Å². The number of nitrogens with two attached hydrogens (primary N) is 1. The Bertz CT molecular complexity index is 382. The summed E-state index contributed by atoms with van der Waals surface area (Å²) < 4.78 is 26.4. The van der Waals surface area contributed by atoms with Crippen LogP contribution in [0.15, 0.2) is 4.52 Å². The fourth-order valence-electron chi connectivity index (χ4n) is 0.746. The van der Waals surface area contributed by atoms with Crippen molar-refractivity contribution in [3.8, 4) is 0 Å². The van der Waals surface area contributed by atoms with Crippen LogP contribution >= 0.6 is 0 Å². The summed E-state index contributed by atoms with van der Waals surface area (Å²) in [6.07, 6.45) is 1.11. The molecule has 7 heteroatoms. The van der Waals surface area contributed by atoms with Crippen LogP contribution in [0.3, 0.4) is 0 Å². The molecule has 1 aromatic rings. The molecule has 1 heterocycles. The molecule has 0 saturated carbocycles. The molecule has 1 aromatic heterocycles. The van der Waals surface area contributed by atoms with Crippen molar-refractivity contribution in [2.45, 2.75) is 18.7 Å². The van der Waals surface area contributed by atoms with Crippen molar-refractivity contribution in [1.82, 2.24) is 10.1 Å². The summed E-state index contributed by atoms with van der Waals surface area (Å²) in [7, 11) is -3.12. The van der Waals surface area contributed by atoms with E-state index < -0.39 is 9.84 Å². The largest absolute Gasteiger partial charge is 0.338 e. The van der Waals surface area contributed by atoms with Crippen LogP contribution in [0.5, 0.6) is 0 Å². The average Bonchev–Trinajstić information content (AvgIpc) is 2.31. The first-order valence-corrected chi connectivity index (χ1v) is 5.70. The van der Waals surface area contributed by atoms with Crippen LogP contribution in [0.4, 0.5) is 0 Å². The van der Waals surface area contributed by atoms with E-state index in [0.717, 1.165) is 6.26 Å². The molecule has 0 saturated heterocycles. The van der Waals surface area contributed by atoms with Crippen molar-refractivity contribution in [2.75, 3.05) is 6.26 Å². The zero-order chi connectivity index (χ0) is 10.1. The molecule has 13 heavy (non-hydrogen) atoms. The Labute approximate surface area is 76.0 Å². The van der Waals surface area contributed by atoms with Crippen molar-refractivity contribution in [3.63, 3.8) is 0 Å². The third-order valence-corrected chi connectivity index (χ3v) is 2.05. The van der Waals surface area contributed by atoms with Gasteiger partial charge < -0.3 is 10.3 Å². The van der Waals surface area contributed by atoms with Crippen LogP contribution in [0.25, 0.3) is 0 Å². The highest BCUT2D eigenvalue weighted by atomic mass is 32.2. The lowest BCUT2D eigenvalue weighted by atomic mass is 10.4. The predicted octanol–water partition coefficient (Wildman–Crippen LogP) is -0.366. The lowest BCUT2D eigenvalue weighted by Crippen LogP contribution is -2.06. The molecule has 0 amide bonds. The first kappa shape index (κ1) is 10.1. The molecule has 0 fully saturated rings. The van der Waals surface area contributed by atoms with Gasteiger partial charge in [0.15, 0.2) is 15.7 Å². The fourth-order valence-corrected chi connectivity index (χ4v) is 1.33.